The van der Waals surface area contributed by atoms with Crippen LogP contribution in [0.3, 0.4) is 0 Å². The minimum Gasteiger partial charge on any atom is -0.414 e. The second kappa shape index (κ2) is 5.73. The third-order valence-corrected chi connectivity index (χ3v) is 2.68. The molecule has 0 bridgehead atoms. The van der Waals surface area contributed by atoms with Gasteiger partial charge >= 0.3 is 6.33 Å². The van der Waals surface area contributed by atoms with Crippen LogP contribution in [0.2, 0.25) is 0 Å². The quantitative estimate of drug-likeness (QED) is 0.734. The van der Waals surface area contributed by atoms with Crippen molar-refractivity contribution in [2.45, 2.75) is 6.61 Å². The molecular formula is C13H12BClO. The maximum absolute atomic E-state index is 6.13. The van der Waals surface area contributed by atoms with Crippen molar-refractivity contribution >= 4 is 23.3 Å². The Morgan fingerprint density at radius 2 is 1.44 bits per heavy atom. The zero-order chi connectivity index (χ0) is 11.2. The summed E-state index contributed by atoms with van der Waals surface area (Å²) >= 11 is 6.13. The molecule has 80 valence electrons. The Labute approximate surface area is 101 Å². The van der Waals surface area contributed by atoms with E-state index >= 15 is 0 Å². The molecule has 0 unspecified atom stereocenters. The summed E-state index contributed by atoms with van der Waals surface area (Å²) in [6.07, 6.45) is -0.388. The molecule has 3 heteroatoms. The summed E-state index contributed by atoms with van der Waals surface area (Å²) in [6.45, 7) is 0.532. The average molecular weight is 231 g/mol. The van der Waals surface area contributed by atoms with E-state index < -0.39 is 0 Å². The van der Waals surface area contributed by atoms with Crippen LogP contribution in [0.25, 0.3) is 0 Å². The monoisotopic (exact) mass is 230 g/mol. The summed E-state index contributed by atoms with van der Waals surface area (Å²) in [7, 11) is 0. The van der Waals surface area contributed by atoms with E-state index in [1.807, 2.05) is 60.7 Å². The maximum atomic E-state index is 6.13. The lowest BCUT2D eigenvalue weighted by Crippen LogP contribution is -2.27. The van der Waals surface area contributed by atoms with E-state index in [0.717, 1.165) is 11.0 Å². The van der Waals surface area contributed by atoms with Crippen molar-refractivity contribution in [1.29, 1.82) is 0 Å². The number of halogens is 1. The molecule has 0 aliphatic heterocycles. The normalized spacial score (nSPS) is 10.1. The molecule has 0 aliphatic carbocycles. The van der Waals surface area contributed by atoms with Gasteiger partial charge in [0.05, 0.1) is 6.61 Å². The Hall–Kier alpha value is -1.25. The van der Waals surface area contributed by atoms with Gasteiger partial charge in [-0.1, -0.05) is 60.7 Å². The van der Waals surface area contributed by atoms with Gasteiger partial charge in [0.1, 0.15) is 0 Å². The third kappa shape index (κ3) is 3.12. The van der Waals surface area contributed by atoms with E-state index in [-0.39, 0.29) is 6.33 Å². The maximum Gasteiger partial charge on any atom is 0.434 e. The van der Waals surface area contributed by atoms with Gasteiger partial charge < -0.3 is 4.65 Å². The molecule has 0 aromatic heterocycles. The van der Waals surface area contributed by atoms with E-state index in [9.17, 15) is 0 Å². The molecule has 0 heterocycles. The summed E-state index contributed by atoms with van der Waals surface area (Å²) in [5, 5.41) is 0. The smallest absolute Gasteiger partial charge is 0.414 e. The van der Waals surface area contributed by atoms with Gasteiger partial charge in [-0.2, -0.15) is 0 Å². The zero-order valence-electron chi connectivity index (χ0n) is 8.84. The van der Waals surface area contributed by atoms with Crippen molar-refractivity contribution in [1.82, 2.24) is 0 Å². The van der Waals surface area contributed by atoms with Gasteiger partial charge in [0.2, 0.25) is 0 Å². The van der Waals surface area contributed by atoms with Gasteiger partial charge in [-0.25, -0.2) is 0 Å². The Balaban J connectivity index is 1.92. The van der Waals surface area contributed by atoms with Crippen molar-refractivity contribution < 1.29 is 4.65 Å². The molecule has 0 aliphatic rings. The summed E-state index contributed by atoms with van der Waals surface area (Å²) in [4.78, 5) is 0. The van der Waals surface area contributed by atoms with Crippen LogP contribution in [-0.4, -0.2) is 6.33 Å². The van der Waals surface area contributed by atoms with E-state index in [0.29, 0.717) is 6.61 Å². The van der Waals surface area contributed by atoms with E-state index in [2.05, 4.69) is 0 Å². The highest BCUT2D eigenvalue weighted by molar-refractivity contribution is 7.10. The molecule has 0 fully saturated rings. The van der Waals surface area contributed by atoms with Crippen LogP contribution in [0.5, 0.6) is 0 Å². The summed E-state index contributed by atoms with van der Waals surface area (Å²) in [6, 6.07) is 19.8. The third-order valence-electron chi connectivity index (χ3n) is 2.30. The van der Waals surface area contributed by atoms with Crippen molar-refractivity contribution in [3.05, 3.63) is 66.2 Å². The van der Waals surface area contributed by atoms with E-state index in [4.69, 9.17) is 16.1 Å². The van der Waals surface area contributed by atoms with Crippen molar-refractivity contribution in [3.63, 3.8) is 0 Å². The zero-order valence-corrected chi connectivity index (χ0v) is 9.60. The second-order valence-corrected chi connectivity index (χ2v) is 3.92. The summed E-state index contributed by atoms with van der Waals surface area (Å²) in [5.74, 6) is 0. The van der Waals surface area contributed by atoms with Crippen molar-refractivity contribution in [3.8, 4) is 0 Å². The highest BCUT2D eigenvalue weighted by Gasteiger charge is 2.14. The van der Waals surface area contributed by atoms with Crippen LogP contribution < -0.4 is 5.46 Å². The highest BCUT2D eigenvalue weighted by atomic mass is 35.5. The molecule has 0 spiro atoms. The lowest BCUT2D eigenvalue weighted by molar-refractivity contribution is 0.325. The molecule has 0 saturated carbocycles. The lowest BCUT2D eigenvalue weighted by atomic mass is 9.86. The van der Waals surface area contributed by atoms with Crippen LogP contribution in [0, 0.1) is 0 Å². The van der Waals surface area contributed by atoms with Gasteiger partial charge in [0, 0.05) is 0 Å². The number of benzene rings is 2. The van der Waals surface area contributed by atoms with Crippen molar-refractivity contribution in [2.24, 2.45) is 0 Å². The van der Waals surface area contributed by atoms with Crippen molar-refractivity contribution in [2.75, 3.05) is 0 Å². The Morgan fingerprint density at radius 3 is 2.06 bits per heavy atom. The largest absolute Gasteiger partial charge is 0.434 e. The topological polar surface area (TPSA) is 9.23 Å². The fourth-order valence-electron chi connectivity index (χ4n) is 1.44. The Bertz CT molecular complexity index is 418. The molecule has 0 saturated heterocycles. The first-order valence-corrected chi connectivity index (χ1v) is 5.64. The number of rotatable bonds is 4. The predicted molar refractivity (Wildman–Crippen MR) is 68.9 cm³/mol. The molecule has 0 radical (unpaired) electrons. The van der Waals surface area contributed by atoms with Gasteiger partial charge in [-0.15, -0.1) is 11.5 Å². The predicted octanol–water partition coefficient (Wildman–Crippen LogP) is 2.84. The fourth-order valence-corrected chi connectivity index (χ4v) is 1.65. The van der Waals surface area contributed by atoms with Gasteiger partial charge in [-0.05, 0) is 11.0 Å². The molecule has 16 heavy (non-hydrogen) atoms. The Morgan fingerprint density at radius 1 is 0.875 bits per heavy atom. The van der Waals surface area contributed by atoms with E-state index in [1.165, 1.54) is 0 Å². The first-order chi connectivity index (χ1) is 7.86. The first kappa shape index (κ1) is 11.2. The lowest BCUT2D eigenvalue weighted by Gasteiger charge is -2.07. The standard InChI is InChI=1S/C13H12BClO/c15-14(13-9-5-2-6-10-13)16-11-12-7-3-1-4-8-12/h1-10H,11H2. The summed E-state index contributed by atoms with van der Waals surface area (Å²) < 4.78 is 5.58. The molecule has 2 aromatic carbocycles. The fraction of sp³-hybridized carbons (Fsp3) is 0.0769. The highest BCUT2D eigenvalue weighted by Crippen LogP contribution is 2.04. The van der Waals surface area contributed by atoms with Gasteiger partial charge in [-0.3, -0.25) is 0 Å². The van der Waals surface area contributed by atoms with Crippen LogP contribution in [0.4, 0.5) is 0 Å². The number of hydrogen-bond acceptors (Lipinski definition) is 1. The Kier molecular flexibility index (Phi) is 4.03. The molecule has 0 atom stereocenters. The SMILES string of the molecule is ClB(OCc1ccccc1)c1ccccc1. The average Bonchev–Trinajstić information content (AvgIpc) is 2.38. The minimum absolute atomic E-state index is 0.388. The van der Waals surface area contributed by atoms with Gasteiger partial charge in [0.15, 0.2) is 0 Å². The van der Waals surface area contributed by atoms with Crippen LogP contribution in [0.15, 0.2) is 60.7 Å². The van der Waals surface area contributed by atoms with Crippen LogP contribution in [0.1, 0.15) is 5.56 Å². The second-order valence-electron chi connectivity index (χ2n) is 3.52. The molecule has 0 N–H and O–H groups in total. The van der Waals surface area contributed by atoms with Crippen LogP contribution >= 0.6 is 11.5 Å². The molecule has 2 aromatic rings. The molecule has 2 rings (SSSR count). The molecule has 1 nitrogen and oxygen atoms in total. The van der Waals surface area contributed by atoms with E-state index in [1.54, 1.807) is 0 Å². The summed E-state index contributed by atoms with van der Waals surface area (Å²) in [5.41, 5.74) is 2.11. The van der Waals surface area contributed by atoms with Crippen LogP contribution in [-0.2, 0) is 11.3 Å². The first-order valence-electron chi connectivity index (χ1n) is 5.21. The number of hydrogen-bond donors (Lipinski definition) is 0. The molecular weight excluding hydrogens is 218 g/mol. The molecule has 0 amide bonds. The van der Waals surface area contributed by atoms with Gasteiger partial charge in [0.25, 0.3) is 0 Å². The minimum atomic E-state index is -0.388.